The highest BCUT2D eigenvalue weighted by atomic mass is 16.3. The number of hydrogen-bond donors (Lipinski definition) is 2. The fraction of sp³-hybridized carbons (Fsp3) is 0.727. The zero-order valence-corrected chi connectivity index (χ0v) is 9.45. The van der Waals surface area contributed by atoms with E-state index in [-0.39, 0.29) is 0 Å². The van der Waals surface area contributed by atoms with Crippen molar-refractivity contribution < 1.29 is 5.11 Å². The summed E-state index contributed by atoms with van der Waals surface area (Å²) in [5.74, 6) is 1.13. The molecule has 0 spiro atoms. The minimum absolute atomic E-state index is 0.332. The van der Waals surface area contributed by atoms with Gasteiger partial charge in [-0.15, -0.1) is 0 Å². The van der Waals surface area contributed by atoms with Gasteiger partial charge in [0.25, 0.3) is 0 Å². The number of hydrogen-bond acceptors (Lipinski definition) is 3. The Morgan fingerprint density at radius 2 is 2.33 bits per heavy atom. The number of fused-ring (bicyclic) bond motifs is 1. The molecule has 1 unspecified atom stereocenters. The van der Waals surface area contributed by atoms with Crippen molar-refractivity contribution in [1.82, 2.24) is 9.55 Å². The molecule has 0 saturated heterocycles. The third-order valence-electron chi connectivity index (χ3n) is 3.35. The first-order valence-electron chi connectivity index (χ1n) is 5.57. The standard InChI is InChI=1S/C11H19N3O/c1-3-10-13-8(2)9-6-11(15,7-12)4-5-14(9)10/h15H,3-7,12H2,1-2H3. The van der Waals surface area contributed by atoms with Gasteiger partial charge in [-0.2, -0.15) is 0 Å². The van der Waals surface area contributed by atoms with E-state index in [2.05, 4.69) is 16.5 Å². The van der Waals surface area contributed by atoms with E-state index in [4.69, 9.17) is 5.73 Å². The molecule has 4 heteroatoms. The van der Waals surface area contributed by atoms with E-state index in [1.54, 1.807) is 0 Å². The maximum Gasteiger partial charge on any atom is 0.108 e. The van der Waals surface area contributed by atoms with Gasteiger partial charge in [0, 0.05) is 31.6 Å². The molecule has 0 amide bonds. The van der Waals surface area contributed by atoms with Crippen molar-refractivity contribution in [1.29, 1.82) is 0 Å². The lowest BCUT2D eigenvalue weighted by atomic mass is 9.90. The summed E-state index contributed by atoms with van der Waals surface area (Å²) in [4.78, 5) is 4.52. The van der Waals surface area contributed by atoms with E-state index in [0.29, 0.717) is 13.0 Å². The Kier molecular flexibility index (Phi) is 2.56. The van der Waals surface area contributed by atoms with Crippen LogP contribution in [0, 0.1) is 6.92 Å². The van der Waals surface area contributed by atoms with Gasteiger partial charge in [0.2, 0.25) is 0 Å². The maximum absolute atomic E-state index is 10.2. The normalized spacial score (nSPS) is 25.3. The van der Waals surface area contributed by atoms with Crippen LogP contribution in [0.4, 0.5) is 0 Å². The summed E-state index contributed by atoms with van der Waals surface area (Å²) in [6.45, 7) is 5.29. The van der Waals surface area contributed by atoms with Crippen LogP contribution in [-0.2, 0) is 19.4 Å². The number of nitrogens with zero attached hydrogens (tertiary/aromatic N) is 2. The van der Waals surface area contributed by atoms with Crippen LogP contribution in [-0.4, -0.2) is 26.8 Å². The van der Waals surface area contributed by atoms with Crippen LogP contribution in [0.1, 0.15) is 30.6 Å². The van der Waals surface area contributed by atoms with E-state index in [1.165, 1.54) is 0 Å². The van der Waals surface area contributed by atoms with Crippen molar-refractivity contribution in [3.05, 3.63) is 17.2 Å². The molecule has 84 valence electrons. The van der Waals surface area contributed by atoms with E-state index in [1.807, 2.05) is 6.92 Å². The molecule has 1 aromatic rings. The lowest BCUT2D eigenvalue weighted by Gasteiger charge is -2.32. The maximum atomic E-state index is 10.2. The van der Waals surface area contributed by atoms with Gasteiger partial charge in [0.1, 0.15) is 5.82 Å². The quantitative estimate of drug-likeness (QED) is 0.740. The zero-order chi connectivity index (χ0) is 11.1. The van der Waals surface area contributed by atoms with E-state index in [0.717, 1.165) is 36.6 Å². The third-order valence-corrected chi connectivity index (χ3v) is 3.35. The minimum Gasteiger partial charge on any atom is -0.388 e. The zero-order valence-electron chi connectivity index (χ0n) is 9.45. The number of aryl methyl sites for hydroxylation is 2. The lowest BCUT2D eigenvalue weighted by molar-refractivity contribution is 0.0236. The second-order valence-corrected chi connectivity index (χ2v) is 4.42. The molecule has 0 fully saturated rings. The van der Waals surface area contributed by atoms with Crippen molar-refractivity contribution in [3.8, 4) is 0 Å². The van der Waals surface area contributed by atoms with Crippen LogP contribution < -0.4 is 5.73 Å². The second kappa shape index (κ2) is 3.61. The Hall–Kier alpha value is -0.870. The number of rotatable bonds is 2. The summed E-state index contributed by atoms with van der Waals surface area (Å²) in [6.07, 6.45) is 2.32. The molecule has 1 aliphatic rings. The molecule has 15 heavy (non-hydrogen) atoms. The number of aromatic nitrogens is 2. The Labute approximate surface area is 90.1 Å². The van der Waals surface area contributed by atoms with Gasteiger partial charge in [0.05, 0.1) is 11.3 Å². The predicted octanol–water partition coefficient (Wildman–Crippen LogP) is 0.390. The van der Waals surface area contributed by atoms with Gasteiger partial charge in [-0.1, -0.05) is 6.92 Å². The topological polar surface area (TPSA) is 64.1 Å². The molecular formula is C11H19N3O. The minimum atomic E-state index is -0.716. The highest BCUT2D eigenvalue weighted by molar-refractivity contribution is 5.21. The Morgan fingerprint density at radius 1 is 1.60 bits per heavy atom. The number of imidazole rings is 1. The smallest absolute Gasteiger partial charge is 0.108 e. The van der Waals surface area contributed by atoms with Crippen LogP contribution in [0.25, 0.3) is 0 Å². The first kappa shape index (κ1) is 10.6. The fourth-order valence-corrected chi connectivity index (χ4v) is 2.32. The molecule has 3 N–H and O–H groups in total. The average Bonchev–Trinajstić information content (AvgIpc) is 2.55. The second-order valence-electron chi connectivity index (χ2n) is 4.42. The van der Waals surface area contributed by atoms with Crippen LogP contribution in [0.2, 0.25) is 0 Å². The Morgan fingerprint density at radius 3 is 2.93 bits per heavy atom. The molecule has 2 heterocycles. The Balaban J connectivity index is 2.38. The highest BCUT2D eigenvalue weighted by Gasteiger charge is 2.33. The van der Waals surface area contributed by atoms with Crippen molar-refractivity contribution in [2.24, 2.45) is 5.73 Å². The first-order chi connectivity index (χ1) is 7.09. The molecule has 4 nitrogen and oxygen atoms in total. The van der Waals surface area contributed by atoms with E-state index < -0.39 is 5.60 Å². The summed E-state index contributed by atoms with van der Waals surface area (Å²) in [6, 6.07) is 0. The van der Waals surface area contributed by atoms with Crippen LogP contribution in [0.5, 0.6) is 0 Å². The lowest BCUT2D eigenvalue weighted by Crippen LogP contribution is -2.44. The van der Waals surface area contributed by atoms with Gasteiger partial charge in [0.15, 0.2) is 0 Å². The molecule has 1 aromatic heterocycles. The Bertz CT molecular complexity index is 372. The number of nitrogens with two attached hydrogens (primary N) is 1. The highest BCUT2D eigenvalue weighted by Crippen LogP contribution is 2.27. The fourth-order valence-electron chi connectivity index (χ4n) is 2.32. The van der Waals surface area contributed by atoms with Crippen molar-refractivity contribution in [2.45, 2.75) is 45.3 Å². The van der Waals surface area contributed by atoms with Crippen LogP contribution in [0.15, 0.2) is 0 Å². The van der Waals surface area contributed by atoms with Crippen LogP contribution >= 0.6 is 0 Å². The molecule has 0 aliphatic carbocycles. The third kappa shape index (κ3) is 1.68. The van der Waals surface area contributed by atoms with Crippen LogP contribution in [0.3, 0.4) is 0 Å². The average molecular weight is 209 g/mol. The summed E-state index contributed by atoms with van der Waals surface area (Å²) in [5, 5.41) is 10.2. The first-order valence-corrected chi connectivity index (χ1v) is 5.57. The van der Waals surface area contributed by atoms with Gasteiger partial charge in [-0.25, -0.2) is 4.98 Å². The molecule has 0 saturated carbocycles. The van der Waals surface area contributed by atoms with Crippen molar-refractivity contribution in [2.75, 3.05) is 6.54 Å². The van der Waals surface area contributed by atoms with Crippen molar-refractivity contribution in [3.63, 3.8) is 0 Å². The molecule has 1 atom stereocenters. The molecule has 0 aromatic carbocycles. The summed E-state index contributed by atoms with van der Waals surface area (Å²) < 4.78 is 2.24. The van der Waals surface area contributed by atoms with Gasteiger partial charge in [-0.3, -0.25) is 0 Å². The summed E-state index contributed by atoms with van der Waals surface area (Å²) >= 11 is 0. The molecule has 0 radical (unpaired) electrons. The summed E-state index contributed by atoms with van der Waals surface area (Å²) in [5.41, 5.74) is 7.09. The molecule has 2 rings (SSSR count). The molecular weight excluding hydrogens is 190 g/mol. The SMILES string of the molecule is CCc1nc(C)c2n1CCC(O)(CN)C2. The predicted molar refractivity (Wildman–Crippen MR) is 58.7 cm³/mol. The van der Waals surface area contributed by atoms with Gasteiger partial charge in [-0.05, 0) is 13.3 Å². The summed E-state index contributed by atoms with van der Waals surface area (Å²) in [7, 11) is 0. The van der Waals surface area contributed by atoms with Gasteiger partial charge >= 0.3 is 0 Å². The van der Waals surface area contributed by atoms with E-state index >= 15 is 0 Å². The van der Waals surface area contributed by atoms with Gasteiger partial charge < -0.3 is 15.4 Å². The largest absolute Gasteiger partial charge is 0.388 e. The van der Waals surface area contributed by atoms with Crippen molar-refractivity contribution >= 4 is 0 Å². The van der Waals surface area contributed by atoms with E-state index in [9.17, 15) is 5.11 Å². The number of aliphatic hydroxyl groups is 1. The molecule has 1 aliphatic heterocycles. The monoisotopic (exact) mass is 209 g/mol. The molecule has 0 bridgehead atoms.